The first kappa shape index (κ1) is 16.4. The molecular weight excluding hydrogens is 395 g/mol. The van der Waals surface area contributed by atoms with Gasteiger partial charge < -0.3 is 9.30 Å². The molecule has 0 spiro atoms. The van der Waals surface area contributed by atoms with Crippen molar-refractivity contribution in [3.63, 3.8) is 0 Å². The summed E-state index contributed by atoms with van der Waals surface area (Å²) in [6.07, 6.45) is 1.95. The highest BCUT2D eigenvalue weighted by atomic mass is 79.9. The lowest BCUT2D eigenvalue weighted by atomic mass is 10.2. The number of rotatable bonds is 3. The summed E-state index contributed by atoms with van der Waals surface area (Å²) in [5.41, 5.74) is 2.52. The molecule has 26 heavy (non-hydrogen) atoms. The topological polar surface area (TPSA) is 18.5 Å². The number of hydrogen-bond donors (Lipinski definition) is 0. The number of ether oxygens (including phenoxy) is 1. The zero-order chi connectivity index (χ0) is 18.1. The van der Waals surface area contributed by atoms with Gasteiger partial charge in [0.25, 0.3) is 0 Å². The van der Waals surface area contributed by atoms with Crippen LogP contribution in [0.25, 0.3) is 21.4 Å². The number of hydrogen-bond acceptors (Lipinski definition) is 1. The van der Waals surface area contributed by atoms with Crippen molar-refractivity contribution in [2.45, 2.75) is 0 Å². The average Bonchev–Trinajstić information content (AvgIpc) is 3.01. The van der Waals surface area contributed by atoms with Gasteiger partial charge in [-0.2, -0.15) is 0 Å². The lowest BCUT2D eigenvalue weighted by Gasteiger charge is -2.09. The molecule has 0 fully saturated rings. The molecule has 0 unspecified atom stereocenters. The molecule has 126 valence electrons. The van der Waals surface area contributed by atoms with E-state index in [4.69, 9.17) is 11.3 Å². The van der Waals surface area contributed by atoms with Crippen molar-refractivity contribution < 1.29 is 9.13 Å². The highest BCUT2D eigenvalue weighted by Crippen LogP contribution is 2.36. The fraction of sp³-hybridized carbons (Fsp3) is 0. The molecule has 0 atom stereocenters. The number of benzene rings is 3. The Labute approximate surface area is 158 Å². The van der Waals surface area contributed by atoms with Crippen molar-refractivity contribution in [2.24, 2.45) is 0 Å². The van der Waals surface area contributed by atoms with E-state index < -0.39 is 0 Å². The molecule has 5 heteroatoms. The normalized spacial score (nSPS) is 10.7. The summed E-state index contributed by atoms with van der Waals surface area (Å²) in [7, 11) is 0. The number of fused-ring (bicyclic) bond motifs is 1. The van der Waals surface area contributed by atoms with Crippen molar-refractivity contribution in [3.05, 3.63) is 94.6 Å². The predicted molar refractivity (Wildman–Crippen MR) is 104 cm³/mol. The van der Waals surface area contributed by atoms with E-state index in [9.17, 15) is 4.39 Å². The van der Waals surface area contributed by atoms with Gasteiger partial charge in [0.2, 0.25) is 0 Å². The number of halogens is 2. The Morgan fingerprint density at radius 2 is 1.58 bits per heavy atom. The zero-order valence-corrected chi connectivity index (χ0v) is 15.1. The molecule has 0 N–H and O–H groups in total. The molecule has 1 aromatic heterocycles. The molecule has 3 aromatic carbocycles. The van der Waals surface area contributed by atoms with Gasteiger partial charge >= 0.3 is 0 Å². The van der Waals surface area contributed by atoms with Crippen LogP contribution < -0.4 is 4.74 Å². The van der Waals surface area contributed by atoms with Crippen molar-refractivity contribution >= 4 is 32.5 Å². The van der Waals surface area contributed by atoms with Crippen molar-refractivity contribution in [1.29, 1.82) is 0 Å². The maximum absolute atomic E-state index is 13.0. The summed E-state index contributed by atoms with van der Waals surface area (Å²) in [6.45, 7) is 7.34. The van der Waals surface area contributed by atoms with E-state index >= 15 is 0 Å². The zero-order valence-electron chi connectivity index (χ0n) is 13.5. The van der Waals surface area contributed by atoms with E-state index in [1.165, 1.54) is 12.1 Å². The van der Waals surface area contributed by atoms with Gasteiger partial charge in [0.1, 0.15) is 17.3 Å². The molecule has 4 aromatic rings. The third-order valence-electron chi connectivity index (χ3n) is 4.05. The van der Waals surface area contributed by atoms with Crippen LogP contribution in [-0.4, -0.2) is 4.57 Å². The van der Waals surface area contributed by atoms with Crippen molar-refractivity contribution in [2.75, 3.05) is 0 Å². The van der Waals surface area contributed by atoms with E-state index in [1.807, 2.05) is 53.2 Å². The van der Waals surface area contributed by atoms with Crippen LogP contribution >= 0.6 is 15.9 Å². The van der Waals surface area contributed by atoms with Crippen LogP contribution in [0.3, 0.4) is 0 Å². The summed E-state index contributed by atoms with van der Waals surface area (Å²) in [5.74, 6) is 0.948. The minimum absolute atomic E-state index is 0.295. The van der Waals surface area contributed by atoms with Gasteiger partial charge in [0.15, 0.2) is 5.69 Å². The summed E-state index contributed by atoms with van der Waals surface area (Å²) in [4.78, 5) is 3.59. The Bertz CT molecular complexity index is 1130. The Balaban J connectivity index is 1.68. The average molecular weight is 407 g/mol. The van der Waals surface area contributed by atoms with Crippen LogP contribution in [-0.2, 0) is 0 Å². The molecule has 0 aliphatic rings. The highest BCUT2D eigenvalue weighted by Gasteiger charge is 2.11. The first-order valence-electron chi connectivity index (χ1n) is 7.86. The number of aromatic nitrogens is 1. The Hall–Kier alpha value is -3.10. The lowest BCUT2D eigenvalue weighted by Crippen LogP contribution is -1.92. The summed E-state index contributed by atoms with van der Waals surface area (Å²) in [5, 5.41) is 0.897. The minimum Gasteiger partial charge on any atom is -0.457 e. The standard InChI is InChI=1S/C21H12BrFN2O/c1-24-19-3-2-4-20-21(19)18(22)13-25(20)15-7-11-17(12-8-15)26-16-9-5-14(23)6-10-16/h2-13H. The lowest BCUT2D eigenvalue weighted by molar-refractivity contribution is 0.480. The molecule has 0 radical (unpaired) electrons. The molecule has 0 saturated carbocycles. The minimum atomic E-state index is -0.295. The molecule has 0 saturated heterocycles. The van der Waals surface area contributed by atoms with Crippen molar-refractivity contribution in [3.8, 4) is 17.2 Å². The van der Waals surface area contributed by atoms with Gasteiger partial charge in [-0.3, -0.25) is 0 Å². The Kier molecular flexibility index (Phi) is 4.19. The predicted octanol–water partition coefficient (Wildman–Crippen LogP) is 6.88. The maximum Gasteiger partial charge on any atom is 0.197 e. The molecule has 0 bridgehead atoms. The maximum atomic E-state index is 13.0. The highest BCUT2D eigenvalue weighted by molar-refractivity contribution is 9.10. The first-order valence-corrected chi connectivity index (χ1v) is 8.66. The van der Waals surface area contributed by atoms with E-state index in [0.29, 0.717) is 17.2 Å². The van der Waals surface area contributed by atoms with Crippen LogP contribution in [0, 0.1) is 12.4 Å². The molecule has 0 aliphatic heterocycles. The van der Waals surface area contributed by atoms with Crippen LogP contribution in [0.5, 0.6) is 11.5 Å². The molecule has 1 heterocycles. The molecule has 0 aliphatic carbocycles. The second kappa shape index (κ2) is 6.66. The van der Waals surface area contributed by atoms with Crippen LogP contribution in [0.1, 0.15) is 0 Å². The smallest absolute Gasteiger partial charge is 0.197 e. The van der Waals surface area contributed by atoms with Crippen LogP contribution in [0.2, 0.25) is 0 Å². The van der Waals surface area contributed by atoms with Gasteiger partial charge in [-0.05, 0) is 70.5 Å². The van der Waals surface area contributed by atoms with Gasteiger partial charge in [-0.25, -0.2) is 9.24 Å². The van der Waals surface area contributed by atoms with Gasteiger partial charge in [-0.1, -0.05) is 12.1 Å². The number of nitrogens with zero attached hydrogens (tertiary/aromatic N) is 2. The van der Waals surface area contributed by atoms with Crippen molar-refractivity contribution in [1.82, 2.24) is 4.57 Å². The quantitative estimate of drug-likeness (QED) is 0.339. The van der Waals surface area contributed by atoms with Gasteiger partial charge in [0, 0.05) is 27.3 Å². The van der Waals surface area contributed by atoms with E-state index in [-0.39, 0.29) is 5.82 Å². The van der Waals surface area contributed by atoms with Crippen LogP contribution in [0.15, 0.2) is 77.4 Å². The van der Waals surface area contributed by atoms with Gasteiger partial charge in [0.05, 0.1) is 6.57 Å². The fourth-order valence-electron chi connectivity index (χ4n) is 2.84. The molecular formula is C21H12BrFN2O. The van der Waals surface area contributed by atoms with E-state index in [2.05, 4.69) is 20.8 Å². The summed E-state index contributed by atoms with van der Waals surface area (Å²) < 4.78 is 21.6. The summed E-state index contributed by atoms with van der Waals surface area (Å²) >= 11 is 3.55. The Morgan fingerprint density at radius 3 is 2.23 bits per heavy atom. The van der Waals surface area contributed by atoms with Crippen LogP contribution in [0.4, 0.5) is 10.1 Å². The molecule has 4 rings (SSSR count). The fourth-order valence-corrected chi connectivity index (χ4v) is 3.45. The third-order valence-corrected chi connectivity index (χ3v) is 4.65. The molecule has 3 nitrogen and oxygen atoms in total. The van der Waals surface area contributed by atoms with Gasteiger partial charge in [-0.15, -0.1) is 0 Å². The first-order chi connectivity index (χ1) is 12.7. The van der Waals surface area contributed by atoms with E-state index in [0.717, 1.165) is 21.1 Å². The SMILES string of the molecule is [C-]#[N+]c1cccc2c1c(Br)cn2-c1ccc(Oc2ccc(F)cc2)cc1. The van der Waals surface area contributed by atoms with E-state index in [1.54, 1.807) is 12.1 Å². The second-order valence-corrected chi connectivity index (χ2v) is 6.53. The third kappa shape index (κ3) is 2.96. The molecule has 0 amide bonds. The Morgan fingerprint density at radius 1 is 0.923 bits per heavy atom. The monoisotopic (exact) mass is 406 g/mol. The largest absolute Gasteiger partial charge is 0.457 e. The second-order valence-electron chi connectivity index (χ2n) is 5.68. The summed E-state index contributed by atoms with van der Waals surface area (Å²) in [6, 6.07) is 19.2.